The van der Waals surface area contributed by atoms with E-state index in [1.807, 2.05) is 24.3 Å². The molecule has 0 aliphatic carbocycles. The molecule has 1 heterocycles. The third kappa shape index (κ3) is 4.24. The maximum absolute atomic E-state index is 13.6. The summed E-state index contributed by atoms with van der Waals surface area (Å²) in [7, 11) is 2.97. The van der Waals surface area contributed by atoms with E-state index in [4.69, 9.17) is 9.47 Å². The molecule has 7 heteroatoms. The molecular weight excluding hydrogens is 435 g/mol. The summed E-state index contributed by atoms with van der Waals surface area (Å²) in [5.41, 5.74) is 2.77. The maximum atomic E-state index is 13.6. The van der Waals surface area contributed by atoms with E-state index in [1.54, 1.807) is 18.2 Å². The molecular formula is C27H25FN2O4. The van der Waals surface area contributed by atoms with Gasteiger partial charge < -0.3 is 14.8 Å². The van der Waals surface area contributed by atoms with Gasteiger partial charge >= 0.3 is 0 Å². The second-order valence-corrected chi connectivity index (χ2v) is 8.14. The Labute approximate surface area is 197 Å². The zero-order chi connectivity index (χ0) is 24.4. The third-order valence-corrected chi connectivity index (χ3v) is 5.69. The van der Waals surface area contributed by atoms with E-state index in [9.17, 15) is 14.0 Å². The zero-order valence-corrected chi connectivity index (χ0v) is 19.4. The quantitative estimate of drug-likeness (QED) is 0.481. The van der Waals surface area contributed by atoms with Crippen molar-refractivity contribution in [2.24, 2.45) is 0 Å². The van der Waals surface area contributed by atoms with Crippen molar-refractivity contribution in [3.05, 3.63) is 89.4 Å². The number of nitrogens with zero attached hydrogens (tertiary/aromatic N) is 1. The highest BCUT2D eigenvalue weighted by atomic mass is 19.1. The third-order valence-electron chi connectivity index (χ3n) is 5.69. The lowest BCUT2D eigenvalue weighted by molar-refractivity contribution is -0.120. The topological polar surface area (TPSA) is 67.9 Å². The van der Waals surface area contributed by atoms with Gasteiger partial charge in [0, 0.05) is 11.8 Å². The number of carbonyl (C=O) groups excluding carboxylic acids is 2. The molecule has 0 saturated heterocycles. The van der Waals surface area contributed by atoms with Gasteiger partial charge in [0.15, 0.2) is 0 Å². The van der Waals surface area contributed by atoms with Crippen LogP contribution in [0.1, 0.15) is 30.9 Å². The number of carbonyl (C=O) groups is 2. The molecule has 0 radical (unpaired) electrons. The van der Waals surface area contributed by atoms with Crippen molar-refractivity contribution >= 4 is 28.8 Å². The second-order valence-electron chi connectivity index (χ2n) is 8.14. The van der Waals surface area contributed by atoms with Crippen molar-refractivity contribution in [1.82, 2.24) is 0 Å². The van der Waals surface area contributed by atoms with E-state index < -0.39 is 17.6 Å². The first-order valence-corrected chi connectivity index (χ1v) is 10.8. The first-order valence-electron chi connectivity index (χ1n) is 10.8. The Morgan fingerprint density at radius 1 is 0.853 bits per heavy atom. The number of hydrogen-bond donors (Lipinski definition) is 1. The highest BCUT2D eigenvalue weighted by Gasteiger charge is 2.41. The van der Waals surface area contributed by atoms with Crippen molar-refractivity contribution in [3.8, 4) is 11.5 Å². The molecule has 3 aromatic carbocycles. The predicted octanol–water partition coefficient (Wildman–Crippen LogP) is 5.36. The minimum absolute atomic E-state index is 0.103. The number of halogens is 1. The normalized spacial score (nSPS) is 13.6. The van der Waals surface area contributed by atoms with Crippen LogP contribution in [-0.2, 0) is 9.59 Å². The summed E-state index contributed by atoms with van der Waals surface area (Å²) < 4.78 is 24.2. The van der Waals surface area contributed by atoms with Crippen molar-refractivity contribution in [1.29, 1.82) is 0 Å². The summed E-state index contributed by atoms with van der Waals surface area (Å²) in [6.45, 7) is 4.19. The van der Waals surface area contributed by atoms with Crippen LogP contribution in [0.3, 0.4) is 0 Å². The number of hydrogen-bond acceptors (Lipinski definition) is 5. The summed E-state index contributed by atoms with van der Waals surface area (Å²) in [5, 5.41) is 3.12. The lowest BCUT2D eigenvalue weighted by atomic mass is 10.0. The molecule has 0 aromatic heterocycles. The minimum Gasteiger partial charge on any atom is -0.497 e. The standard InChI is InChI=1S/C27H25FN2O4/c1-16(2)17-7-11-20(12-8-17)29-25-24(18-5-9-19(28)10-6-18)26(31)30(27(25)32)22-14-13-21(33-3)15-23(22)34-4/h5-16,29H,1-4H3. The molecule has 0 spiro atoms. The van der Waals surface area contributed by atoms with E-state index in [0.29, 0.717) is 28.7 Å². The summed E-state index contributed by atoms with van der Waals surface area (Å²) >= 11 is 0. The van der Waals surface area contributed by atoms with Gasteiger partial charge in [-0.2, -0.15) is 0 Å². The van der Waals surface area contributed by atoms with E-state index in [2.05, 4.69) is 19.2 Å². The monoisotopic (exact) mass is 460 g/mol. The van der Waals surface area contributed by atoms with Crippen LogP contribution >= 0.6 is 0 Å². The molecule has 0 bridgehead atoms. The summed E-state index contributed by atoms with van der Waals surface area (Å²) in [6, 6.07) is 18.0. The largest absolute Gasteiger partial charge is 0.497 e. The van der Waals surface area contributed by atoms with Crippen molar-refractivity contribution in [2.75, 3.05) is 24.4 Å². The number of rotatable bonds is 7. The fourth-order valence-electron chi connectivity index (χ4n) is 3.81. The SMILES string of the molecule is COc1ccc(N2C(=O)C(Nc3ccc(C(C)C)cc3)=C(c3ccc(F)cc3)C2=O)c(OC)c1. The number of anilines is 2. The van der Waals surface area contributed by atoms with Crippen LogP contribution in [0.25, 0.3) is 5.57 Å². The number of methoxy groups -OCH3 is 2. The highest BCUT2D eigenvalue weighted by molar-refractivity contribution is 6.46. The predicted molar refractivity (Wildman–Crippen MR) is 130 cm³/mol. The lowest BCUT2D eigenvalue weighted by Gasteiger charge is -2.19. The van der Waals surface area contributed by atoms with Gasteiger partial charge in [-0.3, -0.25) is 9.59 Å². The zero-order valence-electron chi connectivity index (χ0n) is 19.4. The molecule has 0 unspecified atom stereocenters. The summed E-state index contributed by atoms with van der Waals surface area (Å²) in [5.74, 6) is -0.330. The molecule has 4 rings (SSSR count). The first kappa shape index (κ1) is 23.0. The van der Waals surface area contributed by atoms with Crippen molar-refractivity contribution in [2.45, 2.75) is 19.8 Å². The molecule has 1 N–H and O–H groups in total. The van der Waals surface area contributed by atoms with E-state index in [-0.39, 0.29) is 17.0 Å². The molecule has 1 aliphatic rings. The van der Waals surface area contributed by atoms with Gasteiger partial charge in [-0.25, -0.2) is 9.29 Å². The lowest BCUT2D eigenvalue weighted by Crippen LogP contribution is -2.32. The van der Waals surface area contributed by atoms with Gasteiger partial charge in [0.05, 0.1) is 25.5 Å². The molecule has 0 saturated carbocycles. The molecule has 0 atom stereocenters. The second kappa shape index (κ2) is 9.39. The van der Waals surface area contributed by atoms with Gasteiger partial charge in [-0.1, -0.05) is 38.1 Å². The Bertz CT molecular complexity index is 1260. The fourth-order valence-corrected chi connectivity index (χ4v) is 3.81. The van der Waals surface area contributed by atoms with Crippen LogP contribution < -0.4 is 19.7 Å². The average Bonchev–Trinajstić information content (AvgIpc) is 3.08. The number of imide groups is 1. The molecule has 2 amide bonds. The molecule has 3 aromatic rings. The van der Waals surface area contributed by atoms with Crippen LogP contribution in [0.5, 0.6) is 11.5 Å². The van der Waals surface area contributed by atoms with Gasteiger partial charge in [0.1, 0.15) is 23.0 Å². The molecule has 174 valence electrons. The number of benzene rings is 3. The van der Waals surface area contributed by atoms with Gasteiger partial charge in [0.2, 0.25) is 0 Å². The van der Waals surface area contributed by atoms with Crippen LogP contribution in [0, 0.1) is 5.82 Å². The average molecular weight is 461 g/mol. The number of ether oxygens (including phenoxy) is 2. The summed E-state index contributed by atoms with van der Waals surface area (Å²) in [6.07, 6.45) is 0. The summed E-state index contributed by atoms with van der Waals surface area (Å²) in [4.78, 5) is 28.2. The smallest absolute Gasteiger partial charge is 0.282 e. The molecule has 34 heavy (non-hydrogen) atoms. The number of nitrogens with one attached hydrogen (secondary N) is 1. The Balaban J connectivity index is 1.80. The van der Waals surface area contributed by atoms with E-state index in [0.717, 1.165) is 10.5 Å². The van der Waals surface area contributed by atoms with Crippen LogP contribution in [0.4, 0.5) is 15.8 Å². The van der Waals surface area contributed by atoms with E-state index >= 15 is 0 Å². The highest BCUT2D eigenvalue weighted by Crippen LogP contribution is 2.39. The van der Waals surface area contributed by atoms with E-state index in [1.165, 1.54) is 38.5 Å². The van der Waals surface area contributed by atoms with Gasteiger partial charge in [0.25, 0.3) is 11.8 Å². The van der Waals surface area contributed by atoms with Crippen LogP contribution in [0.2, 0.25) is 0 Å². The fraction of sp³-hybridized carbons (Fsp3) is 0.185. The Kier molecular flexibility index (Phi) is 6.36. The maximum Gasteiger partial charge on any atom is 0.282 e. The van der Waals surface area contributed by atoms with Crippen molar-refractivity contribution < 1.29 is 23.5 Å². The van der Waals surface area contributed by atoms with Crippen LogP contribution in [-0.4, -0.2) is 26.0 Å². The van der Waals surface area contributed by atoms with Gasteiger partial charge in [-0.05, 0) is 53.4 Å². The first-order chi connectivity index (χ1) is 16.3. The Morgan fingerprint density at radius 3 is 2.12 bits per heavy atom. The van der Waals surface area contributed by atoms with Crippen molar-refractivity contribution in [3.63, 3.8) is 0 Å². The Morgan fingerprint density at radius 2 is 1.53 bits per heavy atom. The van der Waals surface area contributed by atoms with Gasteiger partial charge in [-0.15, -0.1) is 0 Å². The molecule has 1 aliphatic heterocycles. The number of amides is 2. The minimum atomic E-state index is -0.541. The van der Waals surface area contributed by atoms with Crippen LogP contribution in [0.15, 0.2) is 72.4 Å². The molecule has 6 nitrogen and oxygen atoms in total. The Hall–Kier alpha value is -4.13. The molecule has 0 fully saturated rings.